The average Bonchev–Trinajstić information content (AvgIpc) is 2.02. The van der Waals surface area contributed by atoms with Gasteiger partial charge in [0.2, 0.25) is 0 Å². The summed E-state index contributed by atoms with van der Waals surface area (Å²) in [6.07, 6.45) is 2.14. The van der Waals surface area contributed by atoms with Gasteiger partial charge in [0.1, 0.15) is 7.28 Å². The lowest BCUT2D eigenvalue weighted by Crippen LogP contribution is -2.48. The van der Waals surface area contributed by atoms with Crippen molar-refractivity contribution in [2.24, 2.45) is 5.73 Å². The molecule has 1 radical (unpaired) electrons. The summed E-state index contributed by atoms with van der Waals surface area (Å²) in [6.45, 7) is 10.8. The zero-order valence-corrected chi connectivity index (χ0v) is 8.57. The topological polar surface area (TPSA) is 26.0 Å². The van der Waals surface area contributed by atoms with Gasteiger partial charge in [0.25, 0.3) is 0 Å². The van der Waals surface area contributed by atoms with Crippen LogP contribution in [0.4, 0.5) is 0 Å². The molecule has 0 amide bonds. The third-order valence-electron chi connectivity index (χ3n) is 3.41. The maximum Gasteiger partial charge on any atom is 0.116 e. The monoisotopic (exact) mass is 154 g/mol. The fourth-order valence-electron chi connectivity index (χ4n) is 1.34. The van der Waals surface area contributed by atoms with Gasteiger partial charge in [-0.05, 0) is 18.7 Å². The molecule has 2 unspecified atom stereocenters. The summed E-state index contributed by atoms with van der Waals surface area (Å²) < 4.78 is 0. The Morgan fingerprint density at radius 2 is 1.64 bits per heavy atom. The molecule has 0 heterocycles. The standard InChI is InChI=1S/C9H21BN/c1-6-8(3,10-5)9(4,11)7-2/h6-7,11H2,1-5H3. The summed E-state index contributed by atoms with van der Waals surface area (Å²) >= 11 is 0. The van der Waals surface area contributed by atoms with Crippen molar-refractivity contribution in [1.82, 2.24) is 0 Å². The molecule has 2 heteroatoms. The highest BCUT2D eigenvalue weighted by Crippen LogP contribution is 2.40. The molecule has 2 N–H and O–H groups in total. The molecule has 65 valence electrons. The fraction of sp³-hybridized carbons (Fsp3) is 1.00. The zero-order chi connectivity index (χ0) is 9.12. The largest absolute Gasteiger partial charge is 0.325 e. The molecule has 1 nitrogen and oxygen atoms in total. The molecular formula is C9H21BN. The van der Waals surface area contributed by atoms with Crippen molar-refractivity contribution in [3.8, 4) is 0 Å². The number of rotatable bonds is 4. The highest BCUT2D eigenvalue weighted by molar-refractivity contribution is 6.38. The minimum atomic E-state index is -0.0590. The number of hydrogen-bond donors (Lipinski definition) is 1. The molecule has 0 aromatic heterocycles. The van der Waals surface area contributed by atoms with Crippen LogP contribution in [0, 0.1) is 0 Å². The molecule has 0 saturated heterocycles. The molecular weight excluding hydrogens is 133 g/mol. The Kier molecular flexibility index (Phi) is 3.63. The van der Waals surface area contributed by atoms with Crippen LogP contribution in [0.1, 0.15) is 40.5 Å². The van der Waals surface area contributed by atoms with Crippen LogP contribution in [0.15, 0.2) is 0 Å². The first kappa shape index (κ1) is 11.0. The Morgan fingerprint density at radius 3 is 1.73 bits per heavy atom. The second-order valence-corrected chi connectivity index (χ2v) is 3.83. The smallest absolute Gasteiger partial charge is 0.116 e. The van der Waals surface area contributed by atoms with Gasteiger partial charge in [-0.2, -0.15) is 0 Å². The lowest BCUT2D eigenvalue weighted by molar-refractivity contribution is 0.314. The van der Waals surface area contributed by atoms with E-state index < -0.39 is 0 Å². The van der Waals surface area contributed by atoms with E-state index in [0.29, 0.717) is 0 Å². The molecule has 0 aliphatic carbocycles. The molecule has 0 aliphatic rings. The maximum absolute atomic E-state index is 6.18. The lowest BCUT2D eigenvalue weighted by atomic mass is 9.45. The quantitative estimate of drug-likeness (QED) is 0.618. The minimum absolute atomic E-state index is 0.0590. The third kappa shape index (κ3) is 1.99. The average molecular weight is 154 g/mol. The highest BCUT2D eigenvalue weighted by Gasteiger charge is 2.36. The van der Waals surface area contributed by atoms with Gasteiger partial charge >= 0.3 is 0 Å². The first-order chi connectivity index (χ1) is 4.93. The molecule has 0 aliphatic heterocycles. The Labute approximate surface area is 72.0 Å². The van der Waals surface area contributed by atoms with Gasteiger partial charge in [-0.1, -0.05) is 34.0 Å². The molecule has 2 atom stereocenters. The van der Waals surface area contributed by atoms with E-state index in [1.54, 1.807) is 0 Å². The van der Waals surface area contributed by atoms with Crippen molar-refractivity contribution >= 4 is 7.28 Å². The normalized spacial score (nSPS) is 22.0. The molecule has 0 spiro atoms. The van der Waals surface area contributed by atoms with Crippen molar-refractivity contribution in [3.63, 3.8) is 0 Å². The van der Waals surface area contributed by atoms with Crippen molar-refractivity contribution < 1.29 is 0 Å². The predicted molar refractivity (Wildman–Crippen MR) is 53.2 cm³/mol. The van der Waals surface area contributed by atoms with Gasteiger partial charge in [0.15, 0.2) is 0 Å². The minimum Gasteiger partial charge on any atom is -0.325 e. The third-order valence-corrected chi connectivity index (χ3v) is 3.41. The van der Waals surface area contributed by atoms with Crippen LogP contribution in [0.3, 0.4) is 0 Å². The fourth-order valence-corrected chi connectivity index (χ4v) is 1.34. The predicted octanol–water partition coefficient (Wildman–Crippen LogP) is 2.45. The Morgan fingerprint density at radius 1 is 1.18 bits per heavy atom. The van der Waals surface area contributed by atoms with Gasteiger partial charge in [-0.25, -0.2) is 0 Å². The van der Waals surface area contributed by atoms with Crippen LogP contribution >= 0.6 is 0 Å². The van der Waals surface area contributed by atoms with Gasteiger partial charge in [-0.15, -0.1) is 0 Å². The Bertz CT molecular complexity index is 117. The van der Waals surface area contributed by atoms with E-state index in [1.165, 1.54) is 0 Å². The maximum atomic E-state index is 6.18. The van der Waals surface area contributed by atoms with E-state index in [2.05, 4.69) is 41.8 Å². The molecule has 0 fully saturated rings. The molecule has 0 bridgehead atoms. The van der Waals surface area contributed by atoms with E-state index >= 15 is 0 Å². The summed E-state index contributed by atoms with van der Waals surface area (Å²) in [5, 5.41) is 0.182. The van der Waals surface area contributed by atoms with Crippen LogP contribution < -0.4 is 5.73 Å². The van der Waals surface area contributed by atoms with Crippen LogP contribution in [0.2, 0.25) is 12.1 Å². The van der Waals surface area contributed by atoms with Crippen LogP contribution in [0.5, 0.6) is 0 Å². The summed E-state index contributed by atoms with van der Waals surface area (Å²) in [4.78, 5) is 0. The first-order valence-corrected chi connectivity index (χ1v) is 4.53. The summed E-state index contributed by atoms with van der Waals surface area (Å²) in [7, 11) is 2.23. The summed E-state index contributed by atoms with van der Waals surface area (Å²) in [6, 6.07) is 0. The summed E-state index contributed by atoms with van der Waals surface area (Å²) in [5.74, 6) is 0. The lowest BCUT2D eigenvalue weighted by Gasteiger charge is -2.42. The van der Waals surface area contributed by atoms with E-state index in [0.717, 1.165) is 12.8 Å². The zero-order valence-electron chi connectivity index (χ0n) is 8.57. The van der Waals surface area contributed by atoms with Crippen LogP contribution in [0.25, 0.3) is 0 Å². The van der Waals surface area contributed by atoms with Crippen LogP contribution in [-0.2, 0) is 0 Å². The Balaban J connectivity index is 4.47. The first-order valence-electron chi connectivity index (χ1n) is 4.53. The highest BCUT2D eigenvalue weighted by atomic mass is 14.8. The van der Waals surface area contributed by atoms with E-state index in [4.69, 9.17) is 5.73 Å². The van der Waals surface area contributed by atoms with Crippen molar-refractivity contribution in [2.45, 2.75) is 58.2 Å². The van der Waals surface area contributed by atoms with Crippen molar-refractivity contribution in [2.75, 3.05) is 0 Å². The molecule has 0 rings (SSSR count). The van der Waals surface area contributed by atoms with Gasteiger partial charge < -0.3 is 5.73 Å². The number of nitrogens with two attached hydrogens (primary N) is 1. The number of hydrogen-bond acceptors (Lipinski definition) is 1. The Hall–Kier alpha value is 0.0249. The molecule has 0 saturated carbocycles. The van der Waals surface area contributed by atoms with Gasteiger partial charge in [0, 0.05) is 5.54 Å². The molecule has 0 aromatic rings. The second kappa shape index (κ2) is 3.62. The van der Waals surface area contributed by atoms with Crippen molar-refractivity contribution in [1.29, 1.82) is 0 Å². The van der Waals surface area contributed by atoms with Crippen molar-refractivity contribution in [3.05, 3.63) is 0 Å². The second-order valence-electron chi connectivity index (χ2n) is 3.83. The summed E-state index contributed by atoms with van der Waals surface area (Å²) in [5.41, 5.74) is 6.13. The SMILES string of the molecule is C[B]C(C)(CC)C(C)(N)CC. The van der Waals surface area contributed by atoms with E-state index in [9.17, 15) is 0 Å². The van der Waals surface area contributed by atoms with Crippen LogP contribution in [-0.4, -0.2) is 12.8 Å². The van der Waals surface area contributed by atoms with E-state index in [1.807, 2.05) is 0 Å². The van der Waals surface area contributed by atoms with Gasteiger partial charge in [0.05, 0.1) is 0 Å². The molecule has 11 heavy (non-hydrogen) atoms. The van der Waals surface area contributed by atoms with Gasteiger partial charge in [-0.3, -0.25) is 0 Å². The van der Waals surface area contributed by atoms with E-state index in [-0.39, 0.29) is 10.9 Å². The molecule has 0 aromatic carbocycles.